The van der Waals surface area contributed by atoms with Crippen molar-refractivity contribution in [2.75, 3.05) is 19.6 Å². The fourth-order valence-electron chi connectivity index (χ4n) is 2.43. The van der Waals surface area contributed by atoms with Gasteiger partial charge in [0.15, 0.2) is 0 Å². The Morgan fingerprint density at radius 3 is 2.26 bits per heavy atom. The number of rotatable bonds is 5. The SMILES string of the molecule is CC1CN(S(=O)(=O)NC(CN)C2CC2)CC(C)O1.Cl. The van der Waals surface area contributed by atoms with E-state index in [0.717, 1.165) is 12.8 Å². The minimum absolute atomic E-state index is 0. The van der Waals surface area contributed by atoms with Gasteiger partial charge in [0.2, 0.25) is 0 Å². The zero-order chi connectivity index (χ0) is 13.3. The summed E-state index contributed by atoms with van der Waals surface area (Å²) in [4.78, 5) is 0. The fraction of sp³-hybridized carbons (Fsp3) is 1.00. The van der Waals surface area contributed by atoms with Crippen LogP contribution in [0, 0.1) is 5.92 Å². The second-order valence-electron chi connectivity index (χ2n) is 5.38. The molecule has 6 nitrogen and oxygen atoms in total. The molecular formula is C11H24ClN3O3S. The van der Waals surface area contributed by atoms with Gasteiger partial charge in [-0.25, -0.2) is 0 Å². The molecule has 1 aliphatic carbocycles. The predicted octanol–water partition coefficient (Wildman–Crippen LogP) is 0.0891. The number of halogens is 1. The van der Waals surface area contributed by atoms with Crippen LogP contribution in [-0.2, 0) is 14.9 Å². The molecule has 1 aliphatic heterocycles. The van der Waals surface area contributed by atoms with Gasteiger partial charge in [-0.2, -0.15) is 17.4 Å². The van der Waals surface area contributed by atoms with Crippen molar-refractivity contribution in [1.29, 1.82) is 0 Å². The number of ether oxygens (including phenoxy) is 1. The quantitative estimate of drug-likeness (QED) is 0.753. The van der Waals surface area contributed by atoms with Gasteiger partial charge in [-0.3, -0.25) is 0 Å². The van der Waals surface area contributed by atoms with Crippen LogP contribution in [0.25, 0.3) is 0 Å². The van der Waals surface area contributed by atoms with Crippen LogP contribution in [0.5, 0.6) is 0 Å². The van der Waals surface area contributed by atoms with Crippen molar-refractivity contribution in [2.24, 2.45) is 11.7 Å². The van der Waals surface area contributed by atoms with Gasteiger partial charge < -0.3 is 10.5 Å². The third kappa shape index (κ3) is 4.54. The highest BCUT2D eigenvalue weighted by Gasteiger charge is 2.37. The summed E-state index contributed by atoms with van der Waals surface area (Å²) in [5.41, 5.74) is 5.63. The summed E-state index contributed by atoms with van der Waals surface area (Å²) in [5, 5.41) is 0. The number of nitrogens with two attached hydrogens (primary N) is 1. The molecule has 3 unspecified atom stereocenters. The second-order valence-corrected chi connectivity index (χ2v) is 7.08. The summed E-state index contributed by atoms with van der Waals surface area (Å²) < 4.78 is 34.3. The minimum Gasteiger partial charge on any atom is -0.373 e. The number of morpholine rings is 1. The van der Waals surface area contributed by atoms with Crippen LogP contribution >= 0.6 is 12.4 Å². The Hall–Kier alpha value is 0.0800. The molecule has 2 aliphatic rings. The van der Waals surface area contributed by atoms with Gasteiger partial charge in [0.1, 0.15) is 0 Å². The summed E-state index contributed by atoms with van der Waals surface area (Å²) in [6.45, 7) is 4.95. The molecule has 3 atom stereocenters. The third-order valence-corrected chi connectivity index (χ3v) is 5.05. The van der Waals surface area contributed by atoms with Crippen LogP contribution in [-0.4, -0.2) is 50.6 Å². The first-order valence-electron chi connectivity index (χ1n) is 6.55. The molecule has 0 bridgehead atoms. The van der Waals surface area contributed by atoms with E-state index in [4.69, 9.17) is 10.5 Å². The first-order valence-corrected chi connectivity index (χ1v) is 7.99. The molecule has 1 saturated carbocycles. The van der Waals surface area contributed by atoms with E-state index in [-0.39, 0.29) is 30.7 Å². The molecule has 8 heteroatoms. The van der Waals surface area contributed by atoms with E-state index in [2.05, 4.69) is 4.72 Å². The van der Waals surface area contributed by atoms with E-state index in [1.165, 1.54) is 4.31 Å². The van der Waals surface area contributed by atoms with Crippen molar-refractivity contribution >= 4 is 22.6 Å². The highest BCUT2D eigenvalue weighted by Crippen LogP contribution is 2.32. The fourth-order valence-corrected chi connectivity index (χ4v) is 4.06. The standard InChI is InChI=1S/C11H23N3O3S.ClH/c1-8-6-14(7-9(2)17-8)18(15,16)13-11(5-12)10-3-4-10;/h8-11,13H,3-7,12H2,1-2H3;1H. The van der Waals surface area contributed by atoms with Crippen LogP contribution in [0.1, 0.15) is 26.7 Å². The van der Waals surface area contributed by atoms with Gasteiger partial charge in [0.25, 0.3) is 10.2 Å². The number of hydrogen-bond donors (Lipinski definition) is 2. The van der Waals surface area contributed by atoms with Crippen LogP contribution in [0.4, 0.5) is 0 Å². The third-order valence-electron chi connectivity index (χ3n) is 3.47. The lowest BCUT2D eigenvalue weighted by Gasteiger charge is -2.35. The minimum atomic E-state index is -3.44. The first kappa shape index (κ1) is 17.1. The average molecular weight is 314 g/mol. The molecule has 0 aromatic heterocycles. The maximum absolute atomic E-state index is 12.3. The number of hydrogen-bond acceptors (Lipinski definition) is 4. The molecule has 19 heavy (non-hydrogen) atoms. The van der Waals surface area contributed by atoms with Crippen molar-refractivity contribution in [1.82, 2.24) is 9.03 Å². The Labute approximate surface area is 121 Å². The van der Waals surface area contributed by atoms with E-state index >= 15 is 0 Å². The number of nitrogens with zero attached hydrogens (tertiary/aromatic N) is 1. The molecule has 0 aromatic carbocycles. The van der Waals surface area contributed by atoms with Gasteiger partial charge >= 0.3 is 0 Å². The molecule has 2 rings (SSSR count). The van der Waals surface area contributed by atoms with Gasteiger partial charge in [-0.15, -0.1) is 12.4 Å². The molecule has 1 heterocycles. The summed E-state index contributed by atoms with van der Waals surface area (Å²) in [7, 11) is -3.44. The van der Waals surface area contributed by atoms with Crippen LogP contribution in [0.15, 0.2) is 0 Å². The largest absolute Gasteiger partial charge is 0.373 e. The molecule has 0 spiro atoms. The molecule has 0 radical (unpaired) electrons. The topological polar surface area (TPSA) is 84.7 Å². The van der Waals surface area contributed by atoms with Gasteiger partial charge in [0, 0.05) is 25.7 Å². The zero-order valence-electron chi connectivity index (χ0n) is 11.4. The Bertz CT molecular complexity index is 379. The van der Waals surface area contributed by atoms with Crippen LogP contribution < -0.4 is 10.5 Å². The molecule has 3 N–H and O–H groups in total. The number of nitrogens with one attached hydrogen (secondary N) is 1. The van der Waals surface area contributed by atoms with Crippen molar-refractivity contribution in [3.63, 3.8) is 0 Å². The molecule has 2 fully saturated rings. The van der Waals surface area contributed by atoms with Gasteiger partial charge in [-0.1, -0.05) is 0 Å². The van der Waals surface area contributed by atoms with Gasteiger partial charge in [-0.05, 0) is 32.6 Å². The lowest BCUT2D eigenvalue weighted by molar-refractivity contribution is -0.0444. The monoisotopic (exact) mass is 313 g/mol. The Kier molecular flexibility index (Phi) is 6.03. The summed E-state index contributed by atoms with van der Waals surface area (Å²) in [6, 6.07) is -0.122. The smallest absolute Gasteiger partial charge is 0.279 e. The lowest BCUT2D eigenvalue weighted by atomic mass is 10.2. The normalized spacial score (nSPS) is 30.7. The summed E-state index contributed by atoms with van der Waals surface area (Å²) >= 11 is 0. The Morgan fingerprint density at radius 2 is 1.84 bits per heavy atom. The summed E-state index contributed by atoms with van der Waals surface area (Å²) in [6.07, 6.45) is 2.01. The Morgan fingerprint density at radius 1 is 1.32 bits per heavy atom. The maximum Gasteiger partial charge on any atom is 0.279 e. The first-order chi connectivity index (χ1) is 8.42. The van der Waals surface area contributed by atoms with E-state index in [1.807, 2.05) is 13.8 Å². The average Bonchev–Trinajstić information content (AvgIpc) is 3.08. The maximum atomic E-state index is 12.3. The molecule has 0 amide bonds. The van der Waals surface area contributed by atoms with Crippen LogP contribution in [0.2, 0.25) is 0 Å². The van der Waals surface area contributed by atoms with E-state index < -0.39 is 10.2 Å². The van der Waals surface area contributed by atoms with Gasteiger partial charge in [0.05, 0.1) is 12.2 Å². The zero-order valence-corrected chi connectivity index (χ0v) is 13.0. The molecular weight excluding hydrogens is 290 g/mol. The molecule has 114 valence electrons. The molecule has 0 aromatic rings. The van der Waals surface area contributed by atoms with Crippen molar-refractivity contribution in [3.05, 3.63) is 0 Å². The molecule has 1 saturated heterocycles. The summed E-state index contributed by atoms with van der Waals surface area (Å²) in [5.74, 6) is 0.417. The van der Waals surface area contributed by atoms with E-state index in [1.54, 1.807) is 0 Å². The van der Waals surface area contributed by atoms with Crippen molar-refractivity contribution < 1.29 is 13.2 Å². The van der Waals surface area contributed by atoms with E-state index in [9.17, 15) is 8.42 Å². The van der Waals surface area contributed by atoms with E-state index in [0.29, 0.717) is 25.6 Å². The lowest BCUT2D eigenvalue weighted by Crippen LogP contribution is -2.55. The van der Waals surface area contributed by atoms with Crippen molar-refractivity contribution in [3.8, 4) is 0 Å². The highest BCUT2D eigenvalue weighted by atomic mass is 35.5. The predicted molar refractivity (Wildman–Crippen MR) is 76.5 cm³/mol. The van der Waals surface area contributed by atoms with Crippen LogP contribution in [0.3, 0.4) is 0 Å². The highest BCUT2D eigenvalue weighted by molar-refractivity contribution is 7.87. The Balaban J connectivity index is 0.00000180. The van der Waals surface area contributed by atoms with Crippen molar-refractivity contribution in [2.45, 2.75) is 44.9 Å². The second kappa shape index (κ2) is 6.69.